The summed E-state index contributed by atoms with van der Waals surface area (Å²) in [6.45, 7) is 5.49. The molecule has 4 heterocycles. The van der Waals surface area contributed by atoms with Crippen LogP contribution in [0.1, 0.15) is 49.5 Å². The van der Waals surface area contributed by atoms with Crippen molar-refractivity contribution in [3.8, 4) is 35.4 Å². The van der Waals surface area contributed by atoms with Crippen LogP contribution < -0.4 is 19.7 Å². The zero-order valence-corrected chi connectivity index (χ0v) is 33.3. The van der Waals surface area contributed by atoms with Gasteiger partial charge in [0.1, 0.15) is 40.8 Å². The highest BCUT2D eigenvalue weighted by atomic mass is 32.2. The van der Waals surface area contributed by atoms with Crippen molar-refractivity contribution in [1.29, 1.82) is 0 Å². The predicted octanol–water partition coefficient (Wildman–Crippen LogP) is 5.73. The van der Waals surface area contributed by atoms with E-state index in [-0.39, 0.29) is 77.1 Å². The third-order valence-corrected chi connectivity index (χ3v) is 10.7. The number of pyridine rings is 1. The van der Waals surface area contributed by atoms with Crippen LogP contribution >= 0.6 is 0 Å². The van der Waals surface area contributed by atoms with E-state index < -0.39 is 44.2 Å². The summed E-state index contributed by atoms with van der Waals surface area (Å²) in [7, 11) is -3.26. The fourth-order valence-electron chi connectivity index (χ4n) is 7.39. The molecule has 3 aromatic carbocycles. The summed E-state index contributed by atoms with van der Waals surface area (Å²) in [5.41, 5.74) is -0.804. The molecule has 18 heteroatoms. The van der Waals surface area contributed by atoms with Crippen molar-refractivity contribution in [3.63, 3.8) is 0 Å². The van der Waals surface area contributed by atoms with Gasteiger partial charge in [-0.1, -0.05) is 30.2 Å². The molecule has 0 saturated carbocycles. The molecule has 308 valence electrons. The molecule has 2 saturated heterocycles. The molecule has 59 heavy (non-hydrogen) atoms. The molecule has 2 N–H and O–H groups in total. The fraction of sp³-hybridized carbons (Fsp3) is 0.341. The molecule has 5 aromatic rings. The lowest BCUT2D eigenvalue weighted by Gasteiger charge is -2.42. The summed E-state index contributed by atoms with van der Waals surface area (Å²) < 4.78 is 86.6. The van der Waals surface area contributed by atoms with E-state index in [1.165, 1.54) is 25.4 Å². The molecule has 2 fully saturated rings. The Labute approximate surface area is 338 Å². The Morgan fingerprint density at radius 2 is 1.80 bits per heavy atom. The first-order chi connectivity index (χ1) is 28.1. The van der Waals surface area contributed by atoms with E-state index >= 15 is 4.39 Å². The molecular weight excluding hydrogens is 791 g/mol. The normalized spacial score (nSPS) is 16.6. The van der Waals surface area contributed by atoms with Gasteiger partial charge in [-0.05, 0) is 57.2 Å². The SMILES string of the molecule is C#Cc1c(F)ccc2cccc(-c3ncc4c(N5CC6CCC(C5)N6C(=O)OC(C)(C)C)nc(OCCNC(=O)c5ccc(S(=O)(=O)O)cc5OCOC)nc4c3F)c12. The highest BCUT2D eigenvalue weighted by molar-refractivity contribution is 7.85. The molecule has 2 aromatic heterocycles. The highest BCUT2D eigenvalue weighted by Crippen LogP contribution is 2.39. The van der Waals surface area contributed by atoms with Crippen LogP contribution in [-0.2, 0) is 19.6 Å². The zero-order valence-electron chi connectivity index (χ0n) is 32.5. The number of fused-ring (bicyclic) bond motifs is 4. The van der Waals surface area contributed by atoms with Crippen LogP contribution in [0.25, 0.3) is 32.9 Å². The number of rotatable bonds is 11. The van der Waals surface area contributed by atoms with E-state index in [1.807, 2.05) is 4.90 Å². The van der Waals surface area contributed by atoms with E-state index in [2.05, 4.69) is 26.2 Å². The van der Waals surface area contributed by atoms with E-state index in [1.54, 1.807) is 49.9 Å². The largest absolute Gasteiger partial charge is 0.467 e. The van der Waals surface area contributed by atoms with Gasteiger partial charge in [0.05, 0.1) is 40.0 Å². The first-order valence-corrected chi connectivity index (χ1v) is 20.0. The molecule has 2 aliphatic rings. The lowest BCUT2D eigenvalue weighted by Crippen LogP contribution is -2.57. The second kappa shape index (κ2) is 16.2. The van der Waals surface area contributed by atoms with Gasteiger partial charge < -0.3 is 29.2 Å². The van der Waals surface area contributed by atoms with Crippen molar-refractivity contribution in [1.82, 2.24) is 25.2 Å². The van der Waals surface area contributed by atoms with Crippen LogP contribution in [0.4, 0.5) is 19.4 Å². The molecule has 2 atom stereocenters. The predicted molar refractivity (Wildman–Crippen MR) is 212 cm³/mol. The molecule has 2 amide bonds. The summed E-state index contributed by atoms with van der Waals surface area (Å²) in [4.78, 5) is 43.3. The molecule has 2 aliphatic heterocycles. The minimum absolute atomic E-state index is 0.0427. The number of benzene rings is 3. The average molecular weight is 831 g/mol. The lowest BCUT2D eigenvalue weighted by molar-refractivity contribution is 0.0122. The first kappa shape index (κ1) is 41.0. The van der Waals surface area contributed by atoms with Gasteiger partial charge in [-0.25, -0.2) is 13.6 Å². The third-order valence-electron chi connectivity index (χ3n) is 9.87. The highest BCUT2D eigenvalue weighted by Gasteiger charge is 2.45. The van der Waals surface area contributed by atoms with Crippen LogP contribution in [0.5, 0.6) is 11.8 Å². The number of carbonyl (C=O) groups excluding carboxylic acids is 2. The smallest absolute Gasteiger partial charge is 0.410 e. The number of hydrogen-bond donors (Lipinski definition) is 2. The average Bonchev–Trinajstić information content (AvgIpc) is 3.46. The third kappa shape index (κ3) is 8.40. The van der Waals surface area contributed by atoms with Crippen molar-refractivity contribution in [2.45, 2.75) is 56.2 Å². The van der Waals surface area contributed by atoms with Crippen molar-refractivity contribution in [2.24, 2.45) is 0 Å². The number of methoxy groups -OCH3 is 1. The minimum Gasteiger partial charge on any atom is -0.467 e. The fourth-order valence-corrected chi connectivity index (χ4v) is 7.89. The maximum absolute atomic E-state index is 17.0. The number of halogens is 2. The molecular formula is C41H40F2N6O9S. The molecule has 2 bridgehead atoms. The second-order valence-corrected chi connectivity index (χ2v) is 16.4. The van der Waals surface area contributed by atoms with Gasteiger partial charge in [-0.3, -0.25) is 19.2 Å². The quantitative estimate of drug-likeness (QED) is 0.0713. The number of hydrogen-bond acceptors (Lipinski definition) is 12. The molecule has 0 radical (unpaired) electrons. The molecule has 15 nitrogen and oxygen atoms in total. The maximum atomic E-state index is 17.0. The van der Waals surface area contributed by atoms with Crippen molar-refractivity contribution < 1.29 is 50.3 Å². The Morgan fingerprint density at radius 3 is 2.47 bits per heavy atom. The number of nitrogens with zero attached hydrogens (tertiary/aromatic N) is 5. The maximum Gasteiger partial charge on any atom is 0.410 e. The van der Waals surface area contributed by atoms with Crippen molar-refractivity contribution in [3.05, 3.63) is 77.5 Å². The monoisotopic (exact) mass is 830 g/mol. The van der Waals surface area contributed by atoms with E-state index in [4.69, 9.17) is 25.4 Å². The van der Waals surface area contributed by atoms with Crippen LogP contribution in [0.2, 0.25) is 0 Å². The van der Waals surface area contributed by atoms with Crippen LogP contribution in [-0.4, -0.2) is 103 Å². The summed E-state index contributed by atoms with van der Waals surface area (Å²) >= 11 is 0. The van der Waals surface area contributed by atoms with Crippen molar-refractivity contribution in [2.75, 3.05) is 45.0 Å². The van der Waals surface area contributed by atoms with E-state index in [9.17, 15) is 27.0 Å². The molecule has 0 aliphatic carbocycles. The van der Waals surface area contributed by atoms with Gasteiger partial charge in [0.2, 0.25) is 0 Å². The summed E-state index contributed by atoms with van der Waals surface area (Å²) in [5.74, 6) is 0.378. The molecule has 7 rings (SSSR count). The number of piperazine rings is 1. The topological polar surface area (TPSA) is 183 Å². The Bertz CT molecular complexity index is 2620. The minimum atomic E-state index is -4.59. The zero-order chi connectivity index (χ0) is 42.2. The van der Waals surface area contributed by atoms with Crippen LogP contribution in [0.3, 0.4) is 0 Å². The second-order valence-electron chi connectivity index (χ2n) is 14.9. The Morgan fingerprint density at radius 1 is 1.05 bits per heavy atom. The van der Waals surface area contributed by atoms with Gasteiger partial charge in [0, 0.05) is 43.4 Å². The van der Waals surface area contributed by atoms with Crippen LogP contribution in [0, 0.1) is 24.0 Å². The van der Waals surface area contributed by atoms with Gasteiger partial charge in [0.25, 0.3) is 16.0 Å². The van der Waals surface area contributed by atoms with Gasteiger partial charge in [-0.15, -0.1) is 6.42 Å². The Balaban J connectivity index is 1.21. The standard InChI is InChI=1S/C41H40F2N6O9S/c1-6-27-31(42)15-10-23-8-7-9-29(33(23)27)35-34(43)36-30(19-45-35)37(48-20-24-11-12-25(21-48)49(24)40(51)58-41(2,3)4)47-39(46-36)56-17-16-44-38(50)28-14-13-26(59(52,53)54)18-32(28)57-22-55-5/h1,7-10,13-15,18-19,24-25H,11-12,16-17,20-22H2,2-5H3,(H,44,50)(H,52,53,54). The van der Waals surface area contributed by atoms with Gasteiger partial charge >= 0.3 is 12.1 Å². The number of carbonyl (C=O) groups is 2. The number of aromatic nitrogens is 3. The molecule has 2 unspecified atom stereocenters. The number of anilines is 1. The number of ether oxygens (including phenoxy) is 4. The number of terminal acetylenes is 1. The lowest BCUT2D eigenvalue weighted by atomic mass is 9.96. The summed E-state index contributed by atoms with van der Waals surface area (Å²) in [5, 5.41) is 3.79. The van der Waals surface area contributed by atoms with Crippen LogP contribution in [0.15, 0.2) is 59.6 Å². The van der Waals surface area contributed by atoms with Gasteiger partial charge in [0.15, 0.2) is 12.6 Å². The van der Waals surface area contributed by atoms with E-state index in [0.717, 1.165) is 25.0 Å². The van der Waals surface area contributed by atoms with E-state index in [0.29, 0.717) is 29.7 Å². The summed E-state index contributed by atoms with van der Waals surface area (Å²) in [6.07, 6.45) is 8.18. The Kier molecular flexibility index (Phi) is 11.3. The Hall–Kier alpha value is -6.16. The number of nitrogens with one attached hydrogen (secondary N) is 1. The van der Waals surface area contributed by atoms with Crippen molar-refractivity contribution >= 4 is 49.6 Å². The first-order valence-electron chi connectivity index (χ1n) is 18.5. The molecule has 0 spiro atoms. The van der Waals surface area contributed by atoms with Gasteiger partial charge in [-0.2, -0.15) is 18.4 Å². The summed E-state index contributed by atoms with van der Waals surface area (Å²) in [6, 6.07) is 10.3. The number of amides is 2.